The second-order valence-corrected chi connectivity index (χ2v) is 9.17. The molecule has 0 spiro atoms. The normalized spacial score (nSPS) is 15.8. The summed E-state index contributed by atoms with van der Waals surface area (Å²) in [6.07, 6.45) is -2.67. The zero-order chi connectivity index (χ0) is 21.8. The van der Waals surface area contributed by atoms with E-state index in [1.54, 1.807) is 6.92 Å². The Kier molecular flexibility index (Phi) is 4.79. The fourth-order valence-electron chi connectivity index (χ4n) is 3.45. The van der Waals surface area contributed by atoms with Gasteiger partial charge in [0.25, 0.3) is 5.56 Å². The molecule has 0 aliphatic heterocycles. The van der Waals surface area contributed by atoms with Crippen LogP contribution in [0.3, 0.4) is 0 Å². The molecule has 3 aromatic rings. The SMILES string of the molecule is Cc1c(Cn2nc[nH]c2=O)sc2c1c(=O)n(CC1(C)CC1)c(=O)n2CCC(F)(F)F. The van der Waals surface area contributed by atoms with E-state index in [1.165, 1.54) is 6.33 Å². The minimum Gasteiger partial charge on any atom is -0.295 e. The van der Waals surface area contributed by atoms with Crippen LogP contribution in [0.25, 0.3) is 10.2 Å². The zero-order valence-corrected chi connectivity index (χ0v) is 17.2. The topological polar surface area (TPSA) is 94.7 Å². The number of hydrogen-bond acceptors (Lipinski definition) is 5. The first-order chi connectivity index (χ1) is 14.0. The molecule has 3 heterocycles. The van der Waals surface area contributed by atoms with Crippen molar-refractivity contribution in [3.63, 3.8) is 0 Å². The van der Waals surface area contributed by atoms with Crippen LogP contribution in [0.5, 0.6) is 0 Å². The average Bonchev–Trinajstić information content (AvgIpc) is 3.10. The summed E-state index contributed by atoms with van der Waals surface area (Å²) in [6.45, 7) is 3.28. The van der Waals surface area contributed by atoms with Gasteiger partial charge in [-0.3, -0.25) is 18.9 Å². The number of aryl methyl sites for hydroxylation is 2. The molecule has 1 saturated carbocycles. The molecule has 1 aliphatic rings. The Morgan fingerprint density at radius 2 is 1.93 bits per heavy atom. The predicted octanol–water partition coefficient (Wildman–Crippen LogP) is 2.22. The van der Waals surface area contributed by atoms with E-state index in [0.29, 0.717) is 10.4 Å². The van der Waals surface area contributed by atoms with Crippen LogP contribution in [0.1, 0.15) is 36.6 Å². The molecule has 0 aromatic carbocycles. The Morgan fingerprint density at radius 3 is 2.50 bits per heavy atom. The first-order valence-corrected chi connectivity index (χ1v) is 10.2. The monoisotopic (exact) mass is 443 g/mol. The molecule has 1 N–H and O–H groups in total. The number of H-pyrrole nitrogens is 1. The smallest absolute Gasteiger partial charge is 0.295 e. The van der Waals surface area contributed by atoms with Gasteiger partial charge in [0.2, 0.25) is 0 Å². The Labute approximate surface area is 171 Å². The van der Waals surface area contributed by atoms with E-state index in [1.807, 2.05) is 6.92 Å². The van der Waals surface area contributed by atoms with Crippen LogP contribution in [0.15, 0.2) is 20.7 Å². The van der Waals surface area contributed by atoms with Crippen molar-refractivity contribution in [2.45, 2.75) is 58.9 Å². The highest BCUT2D eigenvalue weighted by Gasteiger charge is 2.39. The maximum atomic E-state index is 13.2. The second kappa shape index (κ2) is 6.96. The molecular formula is C18H20F3N5O3S. The number of halogens is 3. The predicted molar refractivity (Wildman–Crippen MR) is 105 cm³/mol. The van der Waals surface area contributed by atoms with Gasteiger partial charge in [0.1, 0.15) is 11.2 Å². The number of alkyl halides is 3. The number of aromatic amines is 1. The van der Waals surface area contributed by atoms with E-state index in [4.69, 9.17) is 0 Å². The summed E-state index contributed by atoms with van der Waals surface area (Å²) < 4.78 is 41.9. The highest BCUT2D eigenvalue weighted by Crippen LogP contribution is 2.46. The Morgan fingerprint density at radius 1 is 1.23 bits per heavy atom. The second-order valence-electron chi connectivity index (χ2n) is 8.08. The number of thiophene rings is 1. The van der Waals surface area contributed by atoms with E-state index in [-0.39, 0.29) is 28.7 Å². The first kappa shape index (κ1) is 20.6. The molecule has 162 valence electrons. The van der Waals surface area contributed by atoms with Crippen molar-refractivity contribution in [3.8, 4) is 0 Å². The van der Waals surface area contributed by atoms with Crippen LogP contribution in [-0.2, 0) is 19.6 Å². The minimum atomic E-state index is -4.44. The molecule has 0 amide bonds. The largest absolute Gasteiger partial charge is 0.390 e. The van der Waals surface area contributed by atoms with Crippen LogP contribution in [0.2, 0.25) is 0 Å². The molecule has 0 bridgehead atoms. The number of aromatic nitrogens is 5. The van der Waals surface area contributed by atoms with Gasteiger partial charge in [-0.15, -0.1) is 11.3 Å². The molecule has 1 fully saturated rings. The van der Waals surface area contributed by atoms with Crippen molar-refractivity contribution in [1.29, 1.82) is 0 Å². The van der Waals surface area contributed by atoms with Crippen molar-refractivity contribution >= 4 is 21.6 Å². The average molecular weight is 443 g/mol. The minimum absolute atomic E-state index is 0.0537. The maximum Gasteiger partial charge on any atom is 0.390 e. The van der Waals surface area contributed by atoms with E-state index in [9.17, 15) is 27.6 Å². The van der Waals surface area contributed by atoms with Crippen LogP contribution in [0.4, 0.5) is 13.2 Å². The third kappa shape index (κ3) is 3.75. The third-order valence-corrected chi connectivity index (χ3v) is 6.87. The molecule has 0 atom stereocenters. The lowest BCUT2D eigenvalue weighted by Gasteiger charge is -2.15. The van der Waals surface area contributed by atoms with E-state index < -0.39 is 36.1 Å². The van der Waals surface area contributed by atoms with Gasteiger partial charge in [-0.2, -0.15) is 18.3 Å². The van der Waals surface area contributed by atoms with Crippen molar-refractivity contribution in [2.75, 3.05) is 0 Å². The molecule has 0 radical (unpaired) electrons. The van der Waals surface area contributed by atoms with Gasteiger partial charge >= 0.3 is 17.6 Å². The van der Waals surface area contributed by atoms with Gasteiger partial charge in [-0.1, -0.05) is 6.92 Å². The number of rotatable bonds is 6. The number of fused-ring (bicyclic) bond motifs is 1. The maximum absolute atomic E-state index is 13.2. The van der Waals surface area contributed by atoms with Gasteiger partial charge in [-0.25, -0.2) is 14.3 Å². The van der Waals surface area contributed by atoms with Gasteiger partial charge in [-0.05, 0) is 30.7 Å². The summed E-state index contributed by atoms with van der Waals surface area (Å²) in [4.78, 5) is 41.1. The molecule has 4 rings (SSSR count). The van der Waals surface area contributed by atoms with Gasteiger partial charge in [0.15, 0.2) is 0 Å². The lowest BCUT2D eigenvalue weighted by molar-refractivity contribution is -0.136. The Bertz CT molecular complexity index is 1290. The van der Waals surface area contributed by atoms with Gasteiger partial charge < -0.3 is 0 Å². The number of nitrogens with zero attached hydrogens (tertiary/aromatic N) is 4. The summed E-state index contributed by atoms with van der Waals surface area (Å²) in [5, 5.41) is 4.11. The van der Waals surface area contributed by atoms with Crippen LogP contribution < -0.4 is 16.9 Å². The molecule has 3 aromatic heterocycles. The molecule has 30 heavy (non-hydrogen) atoms. The molecule has 0 saturated heterocycles. The summed E-state index contributed by atoms with van der Waals surface area (Å²) >= 11 is 1.05. The van der Waals surface area contributed by atoms with Crippen molar-refractivity contribution in [1.82, 2.24) is 23.9 Å². The summed E-state index contributed by atoms with van der Waals surface area (Å²) in [5.74, 6) is 0. The molecule has 12 heteroatoms. The van der Waals surface area contributed by atoms with E-state index in [0.717, 1.165) is 38.0 Å². The molecule has 8 nitrogen and oxygen atoms in total. The molecule has 0 unspecified atom stereocenters. The van der Waals surface area contributed by atoms with Gasteiger partial charge in [0, 0.05) is 18.0 Å². The summed E-state index contributed by atoms with van der Waals surface area (Å²) in [7, 11) is 0. The first-order valence-electron chi connectivity index (χ1n) is 9.42. The fraction of sp³-hybridized carbons (Fsp3) is 0.556. The molecular weight excluding hydrogens is 423 g/mol. The highest BCUT2D eigenvalue weighted by molar-refractivity contribution is 7.18. The van der Waals surface area contributed by atoms with Gasteiger partial charge in [0.05, 0.1) is 18.4 Å². The Balaban J connectivity index is 1.90. The van der Waals surface area contributed by atoms with Crippen molar-refractivity contribution in [2.24, 2.45) is 5.41 Å². The highest BCUT2D eigenvalue weighted by atomic mass is 32.1. The van der Waals surface area contributed by atoms with E-state index >= 15 is 0 Å². The lowest BCUT2D eigenvalue weighted by atomic mass is 10.1. The van der Waals surface area contributed by atoms with Crippen LogP contribution >= 0.6 is 11.3 Å². The summed E-state index contributed by atoms with van der Waals surface area (Å²) in [6, 6.07) is 0. The van der Waals surface area contributed by atoms with Crippen LogP contribution in [-0.4, -0.2) is 30.1 Å². The number of hydrogen-bond donors (Lipinski definition) is 1. The lowest BCUT2D eigenvalue weighted by Crippen LogP contribution is -2.41. The number of nitrogens with one attached hydrogen (secondary N) is 1. The van der Waals surface area contributed by atoms with Crippen molar-refractivity contribution in [3.05, 3.63) is 48.1 Å². The third-order valence-electron chi connectivity index (χ3n) is 5.57. The zero-order valence-electron chi connectivity index (χ0n) is 16.4. The quantitative estimate of drug-likeness (QED) is 0.632. The molecule has 1 aliphatic carbocycles. The van der Waals surface area contributed by atoms with Crippen molar-refractivity contribution < 1.29 is 13.2 Å². The van der Waals surface area contributed by atoms with Crippen LogP contribution in [0, 0.1) is 12.3 Å². The van der Waals surface area contributed by atoms with E-state index in [2.05, 4.69) is 10.1 Å². The fourth-order valence-corrected chi connectivity index (χ4v) is 4.75. The standard InChI is InChI=1S/C18H20F3N5O3S/c1-10-11(7-26-15(28)22-9-23-26)30-14-12(10)13(27)25(8-17(2)3-4-17)16(29)24(14)6-5-18(19,20)21/h9H,3-8H2,1-2H3,(H,22,23,28). The Hall–Kier alpha value is -2.63. The summed E-state index contributed by atoms with van der Waals surface area (Å²) in [5.41, 5.74) is -1.31.